The molecular formula is C19H20FN3S2. The Bertz CT molecular complexity index is 788. The molecule has 3 aromatic rings. The van der Waals surface area contributed by atoms with E-state index >= 15 is 0 Å². The number of halogens is 1. The van der Waals surface area contributed by atoms with E-state index in [4.69, 9.17) is 0 Å². The molecule has 0 aliphatic heterocycles. The maximum atomic E-state index is 12.9. The number of hydrogen-bond acceptors (Lipinski definition) is 4. The van der Waals surface area contributed by atoms with Gasteiger partial charge in [0.25, 0.3) is 0 Å². The van der Waals surface area contributed by atoms with Crippen molar-refractivity contribution in [1.29, 1.82) is 0 Å². The molecule has 1 heterocycles. The van der Waals surface area contributed by atoms with E-state index in [-0.39, 0.29) is 5.82 Å². The smallest absolute Gasteiger partial charge is 0.191 e. The van der Waals surface area contributed by atoms with Gasteiger partial charge < -0.3 is 4.57 Å². The molecule has 0 amide bonds. The van der Waals surface area contributed by atoms with Crippen LogP contribution in [0.2, 0.25) is 0 Å². The molecule has 3 nitrogen and oxygen atoms in total. The van der Waals surface area contributed by atoms with Crippen LogP contribution in [0.4, 0.5) is 4.39 Å². The van der Waals surface area contributed by atoms with Crippen molar-refractivity contribution in [3.8, 4) is 0 Å². The van der Waals surface area contributed by atoms with E-state index in [1.54, 1.807) is 23.5 Å². The van der Waals surface area contributed by atoms with Crippen LogP contribution in [0.1, 0.15) is 18.3 Å². The molecule has 3 rings (SSSR count). The first-order valence-corrected chi connectivity index (χ1v) is 10.2. The quantitative estimate of drug-likeness (QED) is 0.414. The molecule has 0 unspecified atom stereocenters. The van der Waals surface area contributed by atoms with Gasteiger partial charge in [0, 0.05) is 29.4 Å². The molecule has 0 saturated carbocycles. The molecule has 0 saturated heterocycles. The van der Waals surface area contributed by atoms with Crippen LogP contribution >= 0.6 is 23.5 Å². The van der Waals surface area contributed by atoms with Crippen molar-refractivity contribution in [2.75, 3.05) is 11.5 Å². The van der Waals surface area contributed by atoms with Gasteiger partial charge in [0.15, 0.2) is 5.16 Å². The Morgan fingerprint density at radius 1 is 0.920 bits per heavy atom. The average molecular weight is 374 g/mol. The summed E-state index contributed by atoms with van der Waals surface area (Å²) in [5.41, 5.74) is 1.24. The predicted molar refractivity (Wildman–Crippen MR) is 103 cm³/mol. The van der Waals surface area contributed by atoms with Gasteiger partial charge in [-0.1, -0.05) is 42.1 Å². The van der Waals surface area contributed by atoms with Gasteiger partial charge in [0.05, 0.1) is 0 Å². The number of hydrogen-bond donors (Lipinski definition) is 0. The van der Waals surface area contributed by atoms with Gasteiger partial charge in [-0.25, -0.2) is 4.39 Å². The minimum atomic E-state index is -0.194. The Hall–Kier alpha value is -1.79. The van der Waals surface area contributed by atoms with E-state index in [2.05, 4.69) is 33.8 Å². The number of rotatable bonds is 8. The molecule has 0 radical (unpaired) electrons. The summed E-state index contributed by atoms with van der Waals surface area (Å²) < 4.78 is 15.1. The van der Waals surface area contributed by atoms with Gasteiger partial charge >= 0.3 is 0 Å². The number of thioether (sulfide) groups is 2. The molecule has 6 heteroatoms. The van der Waals surface area contributed by atoms with Crippen LogP contribution in [0.5, 0.6) is 0 Å². The second-order valence-electron chi connectivity index (χ2n) is 5.46. The summed E-state index contributed by atoms with van der Waals surface area (Å²) in [6.45, 7) is 2.98. The first-order valence-electron chi connectivity index (χ1n) is 8.23. The number of aromatic nitrogens is 3. The van der Waals surface area contributed by atoms with Crippen molar-refractivity contribution in [3.05, 3.63) is 71.8 Å². The topological polar surface area (TPSA) is 30.7 Å². The predicted octanol–water partition coefficient (Wildman–Crippen LogP) is 4.91. The molecular weight excluding hydrogens is 353 g/mol. The lowest BCUT2D eigenvalue weighted by Crippen LogP contribution is -2.04. The third kappa shape index (κ3) is 5.09. The Kier molecular flexibility index (Phi) is 6.53. The average Bonchev–Trinajstić information content (AvgIpc) is 3.02. The van der Waals surface area contributed by atoms with E-state index in [1.807, 2.05) is 30.3 Å². The summed E-state index contributed by atoms with van der Waals surface area (Å²) in [5, 5.41) is 9.69. The van der Waals surface area contributed by atoms with Crippen LogP contribution < -0.4 is 0 Å². The summed E-state index contributed by atoms with van der Waals surface area (Å²) in [6.07, 6.45) is 0.798. The zero-order valence-electron chi connectivity index (χ0n) is 14.1. The SMILES string of the molecule is CCn1c(Cc2ccccc2)nnc1SCCSc1ccc(F)cc1. The van der Waals surface area contributed by atoms with Gasteiger partial charge in [-0.05, 0) is 36.8 Å². The summed E-state index contributed by atoms with van der Waals surface area (Å²) in [6, 6.07) is 17.0. The first kappa shape index (κ1) is 18.0. The Morgan fingerprint density at radius 2 is 1.64 bits per heavy atom. The summed E-state index contributed by atoms with van der Waals surface area (Å²) in [5.74, 6) is 2.69. The second-order valence-corrected chi connectivity index (χ2v) is 7.69. The van der Waals surface area contributed by atoms with Gasteiger partial charge in [-0.2, -0.15) is 0 Å². The van der Waals surface area contributed by atoms with Crippen molar-refractivity contribution in [2.24, 2.45) is 0 Å². The number of nitrogens with zero attached hydrogens (tertiary/aromatic N) is 3. The third-order valence-electron chi connectivity index (χ3n) is 3.71. The Balaban J connectivity index is 1.54. The summed E-state index contributed by atoms with van der Waals surface area (Å²) in [7, 11) is 0. The normalized spacial score (nSPS) is 11.0. The van der Waals surface area contributed by atoms with Crippen LogP contribution in [0.3, 0.4) is 0 Å². The first-order chi connectivity index (χ1) is 12.3. The summed E-state index contributed by atoms with van der Waals surface area (Å²) in [4.78, 5) is 1.09. The highest BCUT2D eigenvalue weighted by Gasteiger charge is 2.11. The minimum absolute atomic E-state index is 0.194. The highest BCUT2D eigenvalue weighted by Crippen LogP contribution is 2.23. The van der Waals surface area contributed by atoms with Gasteiger partial charge in [-0.15, -0.1) is 22.0 Å². The Labute approximate surface area is 156 Å². The molecule has 1 aromatic heterocycles. The lowest BCUT2D eigenvalue weighted by atomic mass is 10.1. The van der Waals surface area contributed by atoms with Crippen LogP contribution in [-0.4, -0.2) is 26.3 Å². The molecule has 0 spiro atoms. The van der Waals surface area contributed by atoms with Crippen molar-refractivity contribution in [1.82, 2.24) is 14.8 Å². The third-order valence-corrected chi connectivity index (χ3v) is 5.95. The molecule has 0 atom stereocenters. The van der Waals surface area contributed by atoms with E-state index in [9.17, 15) is 4.39 Å². The van der Waals surface area contributed by atoms with E-state index in [0.717, 1.165) is 40.3 Å². The standard InChI is InChI=1S/C19H20FN3S2/c1-2-23-18(14-15-6-4-3-5-7-15)21-22-19(23)25-13-12-24-17-10-8-16(20)9-11-17/h3-11H,2,12-14H2,1H3. The largest absolute Gasteiger partial charge is 0.306 e. The lowest BCUT2D eigenvalue weighted by molar-refractivity contribution is 0.626. The van der Waals surface area contributed by atoms with Gasteiger partial charge in [0.1, 0.15) is 11.6 Å². The highest BCUT2D eigenvalue weighted by atomic mass is 32.2. The highest BCUT2D eigenvalue weighted by molar-refractivity contribution is 8.02. The molecule has 0 aliphatic carbocycles. The molecule has 130 valence electrons. The monoisotopic (exact) mass is 373 g/mol. The minimum Gasteiger partial charge on any atom is -0.306 e. The van der Waals surface area contributed by atoms with Gasteiger partial charge in [0.2, 0.25) is 0 Å². The van der Waals surface area contributed by atoms with Gasteiger partial charge in [-0.3, -0.25) is 0 Å². The fourth-order valence-corrected chi connectivity index (χ4v) is 4.38. The lowest BCUT2D eigenvalue weighted by Gasteiger charge is -2.07. The van der Waals surface area contributed by atoms with Crippen molar-refractivity contribution >= 4 is 23.5 Å². The number of benzene rings is 2. The zero-order chi connectivity index (χ0) is 17.5. The maximum absolute atomic E-state index is 12.9. The van der Waals surface area contributed by atoms with Crippen molar-refractivity contribution in [3.63, 3.8) is 0 Å². The molecule has 0 bridgehead atoms. The van der Waals surface area contributed by atoms with Crippen LogP contribution in [0.25, 0.3) is 0 Å². The van der Waals surface area contributed by atoms with Crippen molar-refractivity contribution < 1.29 is 4.39 Å². The Morgan fingerprint density at radius 3 is 2.36 bits per heavy atom. The fraction of sp³-hybridized carbons (Fsp3) is 0.263. The molecule has 0 aliphatic rings. The maximum Gasteiger partial charge on any atom is 0.191 e. The fourth-order valence-electron chi connectivity index (χ4n) is 2.48. The van der Waals surface area contributed by atoms with E-state index in [0.29, 0.717) is 0 Å². The summed E-state index contributed by atoms with van der Waals surface area (Å²) >= 11 is 3.45. The van der Waals surface area contributed by atoms with E-state index in [1.165, 1.54) is 17.7 Å². The van der Waals surface area contributed by atoms with Crippen LogP contribution in [0, 0.1) is 5.82 Å². The zero-order valence-corrected chi connectivity index (χ0v) is 15.7. The van der Waals surface area contributed by atoms with Crippen LogP contribution in [0.15, 0.2) is 64.6 Å². The van der Waals surface area contributed by atoms with Crippen molar-refractivity contribution in [2.45, 2.75) is 29.9 Å². The molecule has 2 aromatic carbocycles. The van der Waals surface area contributed by atoms with E-state index < -0.39 is 0 Å². The second kappa shape index (κ2) is 9.06. The molecule has 0 N–H and O–H groups in total. The molecule has 0 fully saturated rings. The molecule has 25 heavy (non-hydrogen) atoms. The van der Waals surface area contributed by atoms with Crippen LogP contribution in [-0.2, 0) is 13.0 Å².